The van der Waals surface area contributed by atoms with Gasteiger partial charge in [-0.15, -0.1) is 0 Å². The summed E-state index contributed by atoms with van der Waals surface area (Å²) in [6.07, 6.45) is 1.62. The zero-order valence-corrected chi connectivity index (χ0v) is 8.78. The zero-order valence-electron chi connectivity index (χ0n) is 8.78. The largest absolute Gasteiger partial charge is 0.384 e. The van der Waals surface area contributed by atoms with Crippen molar-refractivity contribution < 1.29 is 5.11 Å². The molecule has 78 valence electrons. The van der Waals surface area contributed by atoms with Crippen LogP contribution in [0.4, 0.5) is 5.82 Å². The molecular weight excluding hydrogens is 178 g/mol. The van der Waals surface area contributed by atoms with E-state index in [4.69, 9.17) is 11.5 Å². The van der Waals surface area contributed by atoms with Crippen molar-refractivity contribution in [1.82, 2.24) is 4.98 Å². The van der Waals surface area contributed by atoms with Crippen LogP contribution in [0.25, 0.3) is 0 Å². The third kappa shape index (κ3) is 1.71. The van der Waals surface area contributed by atoms with Crippen LogP contribution in [0.15, 0.2) is 12.3 Å². The van der Waals surface area contributed by atoms with Crippen molar-refractivity contribution in [2.45, 2.75) is 32.4 Å². The predicted molar refractivity (Wildman–Crippen MR) is 56.6 cm³/mol. The van der Waals surface area contributed by atoms with Crippen molar-refractivity contribution in [1.29, 1.82) is 0 Å². The summed E-state index contributed by atoms with van der Waals surface area (Å²) in [6, 6.07) is 1.41. The van der Waals surface area contributed by atoms with E-state index in [-0.39, 0.29) is 0 Å². The molecule has 2 unspecified atom stereocenters. The highest BCUT2D eigenvalue weighted by molar-refractivity contribution is 5.48. The van der Waals surface area contributed by atoms with Crippen molar-refractivity contribution in [3.63, 3.8) is 0 Å². The summed E-state index contributed by atoms with van der Waals surface area (Å²) in [5, 5.41) is 10.2. The fourth-order valence-electron chi connectivity index (χ4n) is 1.47. The van der Waals surface area contributed by atoms with Gasteiger partial charge >= 0.3 is 0 Å². The molecule has 0 aliphatic rings. The lowest BCUT2D eigenvalue weighted by Gasteiger charge is -2.30. The topological polar surface area (TPSA) is 85.2 Å². The van der Waals surface area contributed by atoms with Gasteiger partial charge in [-0.2, -0.15) is 0 Å². The standard InChI is InChI=1S/C10H17N3O/c1-6-4-5-13-9(12)8(6)10(3,14)7(2)11/h4-5,7,14H,11H2,1-3H3,(H2,12,13). The van der Waals surface area contributed by atoms with Gasteiger partial charge in [0.25, 0.3) is 0 Å². The van der Waals surface area contributed by atoms with E-state index in [2.05, 4.69) is 4.98 Å². The average Bonchev–Trinajstić information content (AvgIpc) is 2.02. The number of nitrogens with two attached hydrogens (primary N) is 2. The monoisotopic (exact) mass is 195 g/mol. The minimum atomic E-state index is -1.14. The van der Waals surface area contributed by atoms with E-state index in [9.17, 15) is 5.11 Å². The lowest BCUT2D eigenvalue weighted by atomic mass is 9.87. The number of pyridine rings is 1. The van der Waals surface area contributed by atoms with Crippen LogP contribution in [0.3, 0.4) is 0 Å². The Morgan fingerprint density at radius 1 is 1.57 bits per heavy atom. The summed E-state index contributed by atoms with van der Waals surface area (Å²) in [4.78, 5) is 3.95. The number of aryl methyl sites for hydroxylation is 1. The van der Waals surface area contributed by atoms with E-state index >= 15 is 0 Å². The fourth-order valence-corrected chi connectivity index (χ4v) is 1.47. The number of aliphatic hydroxyl groups is 1. The molecule has 0 radical (unpaired) electrons. The molecule has 0 aliphatic carbocycles. The molecule has 1 aromatic heterocycles. The molecule has 1 heterocycles. The highest BCUT2D eigenvalue weighted by Crippen LogP contribution is 2.29. The maximum Gasteiger partial charge on any atom is 0.129 e. The van der Waals surface area contributed by atoms with Crippen molar-refractivity contribution in [2.24, 2.45) is 5.73 Å². The van der Waals surface area contributed by atoms with Gasteiger partial charge in [0.1, 0.15) is 11.4 Å². The summed E-state index contributed by atoms with van der Waals surface area (Å²) in [5.74, 6) is 0.340. The third-order valence-electron chi connectivity index (χ3n) is 2.58. The van der Waals surface area contributed by atoms with Gasteiger partial charge in [0, 0.05) is 17.8 Å². The van der Waals surface area contributed by atoms with E-state index in [1.54, 1.807) is 20.0 Å². The van der Waals surface area contributed by atoms with Gasteiger partial charge in [-0.25, -0.2) is 4.98 Å². The van der Waals surface area contributed by atoms with Crippen LogP contribution in [-0.2, 0) is 5.60 Å². The first-order valence-corrected chi connectivity index (χ1v) is 4.57. The van der Waals surface area contributed by atoms with Crippen molar-refractivity contribution in [3.05, 3.63) is 23.4 Å². The van der Waals surface area contributed by atoms with E-state index in [1.807, 2.05) is 13.0 Å². The SMILES string of the molecule is Cc1ccnc(N)c1C(C)(O)C(C)N. The fraction of sp³-hybridized carbons (Fsp3) is 0.500. The van der Waals surface area contributed by atoms with Crippen molar-refractivity contribution in [3.8, 4) is 0 Å². The molecule has 0 amide bonds. The number of hydrogen-bond donors (Lipinski definition) is 3. The molecule has 1 aromatic rings. The zero-order chi connectivity index (χ0) is 10.9. The molecular formula is C10H17N3O. The Morgan fingerprint density at radius 3 is 2.57 bits per heavy atom. The summed E-state index contributed by atoms with van der Waals surface area (Å²) in [6.45, 7) is 5.27. The van der Waals surface area contributed by atoms with Crippen molar-refractivity contribution >= 4 is 5.82 Å². The number of nitrogens with zero attached hydrogens (tertiary/aromatic N) is 1. The van der Waals surface area contributed by atoms with Crippen molar-refractivity contribution in [2.75, 3.05) is 5.73 Å². The minimum absolute atomic E-state index is 0.340. The van der Waals surface area contributed by atoms with Crippen LogP contribution < -0.4 is 11.5 Å². The predicted octanol–water partition coefficient (Wildman–Crippen LogP) is 0.527. The molecule has 14 heavy (non-hydrogen) atoms. The van der Waals surface area contributed by atoms with Crippen LogP contribution in [0, 0.1) is 6.92 Å². The van der Waals surface area contributed by atoms with E-state index in [0.29, 0.717) is 11.4 Å². The van der Waals surface area contributed by atoms with Gasteiger partial charge in [0.15, 0.2) is 0 Å². The van der Waals surface area contributed by atoms with Gasteiger partial charge in [-0.05, 0) is 32.4 Å². The molecule has 0 saturated carbocycles. The number of nitrogen functional groups attached to an aromatic ring is 1. The smallest absolute Gasteiger partial charge is 0.129 e. The molecule has 4 nitrogen and oxygen atoms in total. The van der Waals surface area contributed by atoms with E-state index < -0.39 is 11.6 Å². The molecule has 1 rings (SSSR count). The van der Waals surface area contributed by atoms with Crippen LogP contribution >= 0.6 is 0 Å². The summed E-state index contributed by atoms with van der Waals surface area (Å²) < 4.78 is 0. The van der Waals surface area contributed by atoms with Gasteiger partial charge in [0.2, 0.25) is 0 Å². The number of anilines is 1. The summed E-state index contributed by atoms with van der Waals surface area (Å²) in [7, 11) is 0. The number of aromatic nitrogens is 1. The Hall–Kier alpha value is -1.13. The lowest BCUT2D eigenvalue weighted by Crippen LogP contribution is -2.42. The molecule has 0 spiro atoms. The Balaban J connectivity index is 3.31. The van der Waals surface area contributed by atoms with Gasteiger partial charge in [0.05, 0.1) is 0 Å². The summed E-state index contributed by atoms with van der Waals surface area (Å²) in [5.41, 5.74) is 11.8. The molecule has 0 aliphatic heterocycles. The molecule has 5 N–H and O–H groups in total. The quantitative estimate of drug-likeness (QED) is 0.642. The Bertz CT molecular complexity index is 314. The molecule has 0 bridgehead atoms. The van der Waals surface area contributed by atoms with Crippen LogP contribution in [0.5, 0.6) is 0 Å². The van der Waals surface area contributed by atoms with Crippen LogP contribution in [0.1, 0.15) is 25.0 Å². The first-order valence-electron chi connectivity index (χ1n) is 4.57. The first kappa shape index (κ1) is 10.9. The third-order valence-corrected chi connectivity index (χ3v) is 2.58. The number of hydrogen-bond acceptors (Lipinski definition) is 4. The van der Waals surface area contributed by atoms with Crippen LogP contribution in [-0.4, -0.2) is 16.1 Å². The minimum Gasteiger partial charge on any atom is -0.384 e. The van der Waals surface area contributed by atoms with Gasteiger partial charge in [-0.3, -0.25) is 0 Å². The van der Waals surface area contributed by atoms with E-state index in [1.165, 1.54) is 0 Å². The number of rotatable bonds is 2. The highest BCUT2D eigenvalue weighted by Gasteiger charge is 2.31. The molecule has 4 heteroatoms. The maximum atomic E-state index is 10.2. The molecule has 2 atom stereocenters. The second-order valence-corrected chi connectivity index (χ2v) is 3.82. The van der Waals surface area contributed by atoms with Gasteiger partial charge in [-0.1, -0.05) is 0 Å². The summed E-state index contributed by atoms with van der Waals surface area (Å²) >= 11 is 0. The van der Waals surface area contributed by atoms with E-state index in [0.717, 1.165) is 5.56 Å². The highest BCUT2D eigenvalue weighted by atomic mass is 16.3. The average molecular weight is 195 g/mol. The second-order valence-electron chi connectivity index (χ2n) is 3.82. The molecule has 0 aromatic carbocycles. The lowest BCUT2D eigenvalue weighted by molar-refractivity contribution is 0.0348. The Labute approximate surface area is 83.9 Å². The normalized spacial score (nSPS) is 17.5. The first-order chi connectivity index (χ1) is 6.37. The molecule has 0 saturated heterocycles. The van der Waals surface area contributed by atoms with Crippen LogP contribution in [0.2, 0.25) is 0 Å². The second kappa shape index (κ2) is 3.55. The van der Waals surface area contributed by atoms with Gasteiger partial charge < -0.3 is 16.6 Å². The maximum absolute atomic E-state index is 10.2. The molecule has 0 fully saturated rings. The Kier molecular flexibility index (Phi) is 2.78. The Morgan fingerprint density at radius 2 is 2.14 bits per heavy atom.